The predicted molar refractivity (Wildman–Crippen MR) is 67.9 cm³/mol. The highest BCUT2D eigenvalue weighted by atomic mass is 16.3. The van der Waals surface area contributed by atoms with E-state index in [0.717, 1.165) is 31.2 Å². The summed E-state index contributed by atoms with van der Waals surface area (Å²) in [7, 11) is 0. The molecule has 1 aromatic rings. The smallest absolute Gasteiger partial charge is 0.143 e. The summed E-state index contributed by atoms with van der Waals surface area (Å²) in [4.78, 5) is 12.3. The minimum Gasteiger partial charge on any atom is -0.396 e. The molecule has 0 bridgehead atoms. The first-order valence-corrected chi connectivity index (χ1v) is 6.49. The lowest BCUT2D eigenvalue weighted by atomic mass is 9.66. The average Bonchev–Trinajstić information content (AvgIpc) is 2.39. The Morgan fingerprint density at radius 2 is 1.94 bits per heavy atom. The lowest BCUT2D eigenvalue weighted by Crippen LogP contribution is -2.38. The summed E-state index contributed by atoms with van der Waals surface area (Å²) >= 11 is 0. The van der Waals surface area contributed by atoms with Crippen LogP contribution in [0.15, 0.2) is 30.3 Å². The maximum atomic E-state index is 12.3. The van der Waals surface area contributed by atoms with Gasteiger partial charge < -0.3 is 5.11 Å². The van der Waals surface area contributed by atoms with Gasteiger partial charge in [0.25, 0.3) is 0 Å². The Hall–Kier alpha value is -1.15. The van der Waals surface area contributed by atoms with Gasteiger partial charge in [-0.2, -0.15) is 0 Å². The molecule has 1 aliphatic rings. The van der Waals surface area contributed by atoms with Gasteiger partial charge in [-0.25, -0.2) is 0 Å². The Bertz CT molecular complexity index is 372. The number of hydrogen-bond donors (Lipinski definition) is 1. The third kappa shape index (κ3) is 2.42. The summed E-state index contributed by atoms with van der Waals surface area (Å²) in [5, 5.41) is 9.03. The SMILES string of the molecule is O=C1CCCC[C@@]1(CCCO)c1ccccc1. The van der Waals surface area contributed by atoms with E-state index >= 15 is 0 Å². The molecule has 0 radical (unpaired) electrons. The van der Waals surface area contributed by atoms with Crippen LogP contribution >= 0.6 is 0 Å². The van der Waals surface area contributed by atoms with Crippen molar-refractivity contribution in [1.29, 1.82) is 0 Å². The molecule has 1 fully saturated rings. The highest BCUT2D eigenvalue weighted by Gasteiger charge is 2.40. The molecule has 1 aromatic carbocycles. The molecule has 17 heavy (non-hydrogen) atoms. The van der Waals surface area contributed by atoms with Crippen LogP contribution in [0.2, 0.25) is 0 Å². The summed E-state index contributed by atoms with van der Waals surface area (Å²) in [6, 6.07) is 10.1. The van der Waals surface area contributed by atoms with Crippen LogP contribution in [-0.2, 0) is 10.2 Å². The van der Waals surface area contributed by atoms with Gasteiger partial charge >= 0.3 is 0 Å². The molecule has 1 saturated carbocycles. The number of carbonyl (C=O) groups excluding carboxylic acids is 1. The molecule has 0 heterocycles. The largest absolute Gasteiger partial charge is 0.396 e. The average molecular weight is 232 g/mol. The number of hydrogen-bond acceptors (Lipinski definition) is 2. The van der Waals surface area contributed by atoms with E-state index in [1.165, 1.54) is 0 Å². The van der Waals surface area contributed by atoms with Crippen molar-refractivity contribution in [2.24, 2.45) is 0 Å². The molecule has 1 N–H and O–H groups in total. The van der Waals surface area contributed by atoms with E-state index in [9.17, 15) is 4.79 Å². The van der Waals surface area contributed by atoms with Crippen molar-refractivity contribution in [3.63, 3.8) is 0 Å². The first kappa shape index (κ1) is 12.3. The molecule has 2 nitrogen and oxygen atoms in total. The zero-order chi connectivity index (χ0) is 12.1. The van der Waals surface area contributed by atoms with Gasteiger partial charge in [0, 0.05) is 13.0 Å². The monoisotopic (exact) mass is 232 g/mol. The number of carbonyl (C=O) groups is 1. The number of rotatable bonds is 4. The van der Waals surface area contributed by atoms with E-state index in [1.807, 2.05) is 18.2 Å². The van der Waals surface area contributed by atoms with Gasteiger partial charge in [0.05, 0.1) is 5.41 Å². The number of benzene rings is 1. The molecular weight excluding hydrogens is 212 g/mol. The van der Waals surface area contributed by atoms with Crippen LogP contribution in [0, 0.1) is 0 Å². The van der Waals surface area contributed by atoms with E-state index in [1.54, 1.807) is 0 Å². The highest BCUT2D eigenvalue weighted by Crippen LogP contribution is 2.40. The minimum absolute atomic E-state index is 0.169. The number of Topliss-reactive ketones (excluding diaryl/α,β-unsaturated/α-hetero) is 1. The molecule has 0 amide bonds. The molecule has 0 saturated heterocycles. The van der Waals surface area contributed by atoms with Crippen molar-refractivity contribution >= 4 is 5.78 Å². The first-order chi connectivity index (χ1) is 8.29. The summed E-state index contributed by atoms with van der Waals surface area (Å²) in [6.45, 7) is 0.169. The third-order valence-corrected chi connectivity index (χ3v) is 3.88. The van der Waals surface area contributed by atoms with Crippen molar-refractivity contribution < 1.29 is 9.90 Å². The molecule has 0 unspecified atom stereocenters. The molecule has 0 aliphatic heterocycles. The zero-order valence-corrected chi connectivity index (χ0v) is 10.2. The van der Waals surface area contributed by atoms with Crippen LogP contribution in [0.3, 0.4) is 0 Å². The Morgan fingerprint density at radius 1 is 1.18 bits per heavy atom. The van der Waals surface area contributed by atoms with Crippen molar-refractivity contribution in [2.45, 2.75) is 43.9 Å². The van der Waals surface area contributed by atoms with Gasteiger partial charge in [-0.3, -0.25) is 4.79 Å². The fraction of sp³-hybridized carbons (Fsp3) is 0.533. The van der Waals surface area contributed by atoms with Crippen LogP contribution in [0.1, 0.15) is 44.1 Å². The Labute approximate surface area is 103 Å². The molecule has 1 atom stereocenters. The zero-order valence-electron chi connectivity index (χ0n) is 10.2. The molecule has 2 rings (SSSR count). The summed E-state index contributed by atoms with van der Waals surface area (Å²) in [5.41, 5.74) is 0.820. The number of aliphatic hydroxyl groups is 1. The lowest BCUT2D eigenvalue weighted by Gasteiger charge is -2.36. The van der Waals surface area contributed by atoms with Gasteiger partial charge in [-0.15, -0.1) is 0 Å². The van der Waals surface area contributed by atoms with Crippen LogP contribution in [0.4, 0.5) is 0 Å². The minimum atomic E-state index is -0.317. The van der Waals surface area contributed by atoms with Crippen LogP contribution in [-0.4, -0.2) is 17.5 Å². The van der Waals surface area contributed by atoms with Crippen molar-refractivity contribution in [3.8, 4) is 0 Å². The van der Waals surface area contributed by atoms with E-state index in [0.29, 0.717) is 18.6 Å². The number of aliphatic hydroxyl groups excluding tert-OH is 1. The van der Waals surface area contributed by atoms with Crippen LogP contribution in [0.25, 0.3) is 0 Å². The van der Waals surface area contributed by atoms with E-state index in [2.05, 4.69) is 12.1 Å². The normalized spacial score (nSPS) is 24.9. The molecule has 1 aliphatic carbocycles. The Balaban J connectivity index is 2.32. The second-order valence-electron chi connectivity index (χ2n) is 4.91. The third-order valence-electron chi connectivity index (χ3n) is 3.88. The molecule has 92 valence electrons. The maximum absolute atomic E-state index is 12.3. The van der Waals surface area contributed by atoms with E-state index < -0.39 is 0 Å². The van der Waals surface area contributed by atoms with Crippen molar-refractivity contribution in [1.82, 2.24) is 0 Å². The Morgan fingerprint density at radius 3 is 2.59 bits per heavy atom. The summed E-state index contributed by atoms with van der Waals surface area (Å²) in [6.07, 6.45) is 5.27. The molecular formula is C15H20O2. The maximum Gasteiger partial charge on any atom is 0.143 e. The topological polar surface area (TPSA) is 37.3 Å². The first-order valence-electron chi connectivity index (χ1n) is 6.49. The van der Waals surface area contributed by atoms with E-state index in [-0.39, 0.29) is 12.0 Å². The fourth-order valence-corrected chi connectivity index (χ4v) is 2.94. The van der Waals surface area contributed by atoms with Gasteiger partial charge in [0.15, 0.2) is 0 Å². The Kier molecular flexibility index (Phi) is 3.95. The fourth-order valence-electron chi connectivity index (χ4n) is 2.94. The summed E-state index contributed by atoms with van der Waals surface area (Å²) < 4.78 is 0. The number of ketones is 1. The van der Waals surface area contributed by atoms with E-state index in [4.69, 9.17) is 5.11 Å². The molecule has 0 aromatic heterocycles. The highest BCUT2D eigenvalue weighted by molar-refractivity contribution is 5.90. The van der Waals surface area contributed by atoms with Gasteiger partial charge in [0.2, 0.25) is 0 Å². The standard InChI is InChI=1S/C15H20O2/c16-12-6-11-15(10-5-4-9-14(15)17)13-7-2-1-3-8-13/h1-3,7-8,16H,4-6,9-12H2/t15-/m1/s1. The van der Waals surface area contributed by atoms with Crippen molar-refractivity contribution in [3.05, 3.63) is 35.9 Å². The van der Waals surface area contributed by atoms with Gasteiger partial charge in [0.1, 0.15) is 5.78 Å². The quantitative estimate of drug-likeness (QED) is 0.866. The summed E-state index contributed by atoms with van der Waals surface area (Å²) in [5.74, 6) is 0.364. The van der Waals surface area contributed by atoms with Crippen molar-refractivity contribution in [2.75, 3.05) is 6.61 Å². The second-order valence-corrected chi connectivity index (χ2v) is 4.91. The molecule has 2 heteroatoms. The van der Waals surface area contributed by atoms with Crippen LogP contribution < -0.4 is 0 Å². The second kappa shape index (κ2) is 5.46. The van der Waals surface area contributed by atoms with Crippen LogP contribution in [0.5, 0.6) is 0 Å². The predicted octanol–water partition coefficient (Wildman–Crippen LogP) is 2.84. The lowest BCUT2D eigenvalue weighted by molar-refractivity contribution is -0.127. The molecule has 0 spiro atoms. The van der Waals surface area contributed by atoms with Gasteiger partial charge in [-0.05, 0) is 31.2 Å². The van der Waals surface area contributed by atoms with Gasteiger partial charge in [-0.1, -0.05) is 36.8 Å².